The maximum Gasteiger partial charge on any atom is 0.226 e. The number of hydrogen-bond acceptors (Lipinski definition) is 4. The minimum absolute atomic E-state index is 0.0474. The summed E-state index contributed by atoms with van der Waals surface area (Å²) in [5.41, 5.74) is 1.05. The molecule has 1 aromatic rings. The summed E-state index contributed by atoms with van der Waals surface area (Å²) in [6.45, 7) is 0.821. The standard InChI is InChI=1S/C15H19NO4S/c17-15(16-8-11-5-6-21(18,19)10-11)13-7-12-3-1-2-4-14(12)20-9-13/h1-4,11,13H,5-10H2,(H,16,17)/t11-,13+/m0/s1. The molecule has 2 atom stereocenters. The van der Waals surface area contributed by atoms with Gasteiger partial charge in [0.1, 0.15) is 12.4 Å². The minimum atomic E-state index is -2.88. The van der Waals surface area contributed by atoms with Gasteiger partial charge in [-0.05, 0) is 30.4 Å². The quantitative estimate of drug-likeness (QED) is 0.896. The van der Waals surface area contributed by atoms with Crippen LogP contribution in [0.5, 0.6) is 5.75 Å². The highest BCUT2D eigenvalue weighted by Crippen LogP contribution is 2.27. The van der Waals surface area contributed by atoms with Crippen LogP contribution in [0.15, 0.2) is 24.3 Å². The lowest BCUT2D eigenvalue weighted by atomic mass is 9.96. The van der Waals surface area contributed by atoms with Gasteiger partial charge in [-0.3, -0.25) is 4.79 Å². The Bertz CT molecular complexity index is 641. The zero-order valence-electron chi connectivity index (χ0n) is 11.7. The van der Waals surface area contributed by atoms with E-state index < -0.39 is 9.84 Å². The molecule has 0 saturated carbocycles. The van der Waals surface area contributed by atoms with Crippen LogP contribution in [-0.4, -0.2) is 39.0 Å². The van der Waals surface area contributed by atoms with E-state index in [9.17, 15) is 13.2 Å². The lowest BCUT2D eigenvalue weighted by Gasteiger charge is -2.24. The normalized spacial score (nSPS) is 26.7. The van der Waals surface area contributed by atoms with Crippen LogP contribution in [0.1, 0.15) is 12.0 Å². The van der Waals surface area contributed by atoms with Gasteiger partial charge in [0.25, 0.3) is 0 Å². The van der Waals surface area contributed by atoms with Crippen molar-refractivity contribution >= 4 is 15.7 Å². The fourth-order valence-electron chi connectivity index (χ4n) is 2.92. The smallest absolute Gasteiger partial charge is 0.226 e. The molecule has 0 unspecified atom stereocenters. The highest BCUT2D eigenvalue weighted by atomic mass is 32.2. The maximum absolute atomic E-state index is 12.2. The van der Waals surface area contributed by atoms with E-state index in [1.54, 1.807) is 0 Å². The number of nitrogens with one attached hydrogen (secondary N) is 1. The number of sulfone groups is 1. The first-order chi connectivity index (χ1) is 10.0. The predicted octanol–water partition coefficient (Wildman–Crippen LogP) is 0.789. The van der Waals surface area contributed by atoms with Gasteiger partial charge in [-0.15, -0.1) is 0 Å². The van der Waals surface area contributed by atoms with E-state index in [0.717, 1.165) is 11.3 Å². The van der Waals surface area contributed by atoms with Crippen molar-refractivity contribution in [1.82, 2.24) is 5.32 Å². The topological polar surface area (TPSA) is 72.5 Å². The van der Waals surface area contributed by atoms with Crippen molar-refractivity contribution in [3.05, 3.63) is 29.8 Å². The summed E-state index contributed by atoms with van der Waals surface area (Å²) in [6, 6.07) is 7.73. The maximum atomic E-state index is 12.2. The molecule has 114 valence electrons. The molecule has 1 fully saturated rings. The van der Waals surface area contributed by atoms with Crippen LogP contribution in [0.4, 0.5) is 0 Å². The third-order valence-electron chi connectivity index (χ3n) is 4.14. The second-order valence-corrected chi connectivity index (χ2v) is 8.06. The second kappa shape index (κ2) is 5.67. The van der Waals surface area contributed by atoms with Crippen molar-refractivity contribution < 1.29 is 17.9 Å². The highest BCUT2D eigenvalue weighted by Gasteiger charge is 2.30. The Hall–Kier alpha value is -1.56. The summed E-state index contributed by atoms with van der Waals surface area (Å²) in [4.78, 5) is 12.2. The number of carbonyl (C=O) groups excluding carboxylic acids is 1. The van der Waals surface area contributed by atoms with Crippen molar-refractivity contribution in [2.45, 2.75) is 12.8 Å². The van der Waals surface area contributed by atoms with Gasteiger partial charge in [-0.1, -0.05) is 18.2 Å². The summed E-state index contributed by atoms with van der Waals surface area (Å²) in [7, 11) is -2.88. The lowest BCUT2D eigenvalue weighted by molar-refractivity contribution is -0.126. The number of hydrogen-bond donors (Lipinski definition) is 1. The fraction of sp³-hybridized carbons (Fsp3) is 0.533. The summed E-state index contributed by atoms with van der Waals surface area (Å²) < 4.78 is 28.4. The van der Waals surface area contributed by atoms with Crippen LogP contribution in [-0.2, 0) is 21.1 Å². The van der Waals surface area contributed by atoms with Gasteiger partial charge in [0.15, 0.2) is 9.84 Å². The monoisotopic (exact) mass is 309 g/mol. The number of rotatable bonds is 3. The van der Waals surface area contributed by atoms with Gasteiger partial charge in [0.2, 0.25) is 5.91 Å². The first kappa shape index (κ1) is 14.4. The fourth-order valence-corrected chi connectivity index (χ4v) is 4.78. The molecule has 0 radical (unpaired) electrons. The first-order valence-corrected chi connectivity index (χ1v) is 9.04. The molecule has 1 N–H and O–H groups in total. The Morgan fingerprint density at radius 3 is 2.90 bits per heavy atom. The van der Waals surface area contributed by atoms with Crippen molar-refractivity contribution in [3.8, 4) is 5.75 Å². The van der Waals surface area contributed by atoms with Crippen LogP contribution < -0.4 is 10.1 Å². The van der Waals surface area contributed by atoms with E-state index in [4.69, 9.17) is 4.74 Å². The number of carbonyl (C=O) groups is 1. The molecule has 1 saturated heterocycles. The van der Waals surface area contributed by atoms with Gasteiger partial charge in [-0.2, -0.15) is 0 Å². The van der Waals surface area contributed by atoms with Crippen LogP contribution in [0.2, 0.25) is 0 Å². The number of fused-ring (bicyclic) bond motifs is 1. The average Bonchev–Trinajstić information content (AvgIpc) is 2.83. The van der Waals surface area contributed by atoms with E-state index in [-0.39, 0.29) is 29.2 Å². The summed E-state index contributed by atoms with van der Waals surface area (Å²) in [5.74, 6) is 1.09. The van der Waals surface area contributed by atoms with Crippen LogP contribution in [0.3, 0.4) is 0 Å². The molecular weight excluding hydrogens is 290 g/mol. The van der Waals surface area contributed by atoms with E-state index in [0.29, 0.717) is 26.0 Å². The Morgan fingerprint density at radius 2 is 2.14 bits per heavy atom. The molecule has 6 heteroatoms. The lowest BCUT2D eigenvalue weighted by Crippen LogP contribution is -2.39. The summed E-state index contributed by atoms with van der Waals surface area (Å²) >= 11 is 0. The van der Waals surface area contributed by atoms with Gasteiger partial charge in [0.05, 0.1) is 17.4 Å². The van der Waals surface area contributed by atoms with Crippen molar-refractivity contribution in [1.29, 1.82) is 0 Å². The first-order valence-electron chi connectivity index (χ1n) is 7.22. The van der Waals surface area contributed by atoms with Crippen LogP contribution >= 0.6 is 0 Å². The van der Waals surface area contributed by atoms with E-state index in [1.807, 2.05) is 24.3 Å². The summed E-state index contributed by atoms with van der Waals surface area (Å²) in [5, 5.41) is 2.88. The number of amides is 1. The van der Waals surface area contributed by atoms with E-state index >= 15 is 0 Å². The molecule has 5 nitrogen and oxygen atoms in total. The van der Waals surface area contributed by atoms with Crippen LogP contribution in [0, 0.1) is 11.8 Å². The Kier molecular flexibility index (Phi) is 3.89. The van der Waals surface area contributed by atoms with Gasteiger partial charge in [-0.25, -0.2) is 8.42 Å². The molecule has 0 aromatic heterocycles. The molecule has 21 heavy (non-hydrogen) atoms. The van der Waals surface area contributed by atoms with Gasteiger partial charge in [0, 0.05) is 6.54 Å². The van der Waals surface area contributed by atoms with Crippen molar-refractivity contribution in [2.24, 2.45) is 11.8 Å². The molecule has 2 aliphatic rings. The zero-order chi connectivity index (χ0) is 14.9. The number of para-hydroxylation sites is 1. The molecule has 2 aliphatic heterocycles. The molecule has 0 spiro atoms. The van der Waals surface area contributed by atoms with Crippen molar-refractivity contribution in [3.63, 3.8) is 0 Å². The zero-order valence-corrected chi connectivity index (χ0v) is 12.6. The minimum Gasteiger partial charge on any atom is -0.492 e. The van der Waals surface area contributed by atoms with E-state index in [1.165, 1.54) is 0 Å². The van der Waals surface area contributed by atoms with E-state index in [2.05, 4.69) is 5.32 Å². The van der Waals surface area contributed by atoms with Crippen LogP contribution in [0.25, 0.3) is 0 Å². The third kappa shape index (κ3) is 3.37. The van der Waals surface area contributed by atoms with Crippen molar-refractivity contribution in [2.75, 3.05) is 24.7 Å². The average molecular weight is 309 g/mol. The molecule has 1 amide bonds. The van der Waals surface area contributed by atoms with Gasteiger partial charge < -0.3 is 10.1 Å². The Morgan fingerprint density at radius 1 is 1.33 bits per heavy atom. The largest absolute Gasteiger partial charge is 0.492 e. The highest BCUT2D eigenvalue weighted by molar-refractivity contribution is 7.91. The number of ether oxygens (including phenoxy) is 1. The molecule has 2 heterocycles. The molecule has 0 aliphatic carbocycles. The Balaban J connectivity index is 1.53. The van der Waals surface area contributed by atoms with Gasteiger partial charge >= 0.3 is 0 Å². The third-order valence-corrected chi connectivity index (χ3v) is 5.98. The second-order valence-electron chi connectivity index (χ2n) is 5.83. The Labute approximate surface area is 124 Å². The molecule has 0 bridgehead atoms. The SMILES string of the molecule is O=C(NC[C@@H]1CCS(=O)(=O)C1)[C@H]1COc2ccccc2C1. The molecular formula is C15H19NO4S. The summed E-state index contributed by atoms with van der Waals surface area (Å²) in [6.07, 6.45) is 1.32. The number of benzene rings is 1. The predicted molar refractivity (Wildman–Crippen MR) is 78.9 cm³/mol. The molecule has 3 rings (SSSR count). The molecule has 1 aromatic carbocycles.